The van der Waals surface area contributed by atoms with Gasteiger partial charge in [-0.2, -0.15) is 0 Å². The molecule has 0 unspecified atom stereocenters. The molecule has 1 N–H and O–H groups in total. The molecule has 1 fully saturated rings. The zero-order chi connectivity index (χ0) is 19.0. The number of carbonyl (C=O) groups is 3. The van der Waals surface area contributed by atoms with E-state index in [2.05, 4.69) is 5.32 Å². The first-order valence-electron chi connectivity index (χ1n) is 8.82. The molecular formula is C19H22NO5S-. The molecule has 0 aromatic carbocycles. The molecule has 4 atom stereocenters. The van der Waals surface area contributed by atoms with E-state index in [0.717, 1.165) is 23.3 Å². The summed E-state index contributed by atoms with van der Waals surface area (Å²) in [5, 5.41) is 14.9. The number of nitrogens with one attached hydrogen (secondary N) is 1. The van der Waals surface area contributed by atoms with Crippen molar-refractivity contribution < 1.29 is 24.2 Å². The topological polar surface area (TPSA) is 95.5 Å². The summed E-state index contributed by atoms with van der Waals surface area (Å²) in [6.07, 6.45) is 5.38. The van der Waals surface area contributed by atoms with Gasteiger partial charge in [-0.05, 0) is 51.0 Å². The summed E-state index contributed by atoms with van der Waals surface area (Å²) in [4.78, 5) is 37.8. The van der Waals surface area contributed by atoms with Crippen molar-refractivity contribution >= 4 is 34.2 Å². The molecule has 7 heteroatoms. The predicted octanol–water partition coefficient (Wildman–Crippen LogP) is 2.06. The maximum Gasteiger partial charge on any atom is 0.341 e. The molecule has 26 heavy (non-hydrogen) atoms. The van der Waals surface area contributed by atoms with E-state index in [1.807, 2.05) is 26.0 Å². The SMILES string of the molecule is CCOC(=O)c1c(NC(=O)[C@H]2[C@@H](C(=O)[O-])[C@H]3C=C[C@@H]2CC3)sc(C)c1C. The number of aryl methyl sites for hydroxylation is 1. The Bertz CT molecular complexity index is 781. The highest BCUT2D eigenvalue weighted by Gasteiger charge is 2.45. The molecule has 1 aromatic rings. The van der Waals surface area contributed by atoms with Crippen LogP contribution in [0.15, 0.2) is 12.2 Å². The lowest BCUT2D eigenvalue weighted by Gasteiger charge is -2.44. The Hall–Kier alpha value is -2.15. The van der Waals surface area contributed by atoms with E-state index in [0.29, 0.717) is 10.6 Å². The summed E-state index contributed by atoms with van der Waals surface area (Å²) in [6.45, 7) is 5.64. The maximum atomic E-state index is 12.9. The molecule has 1 aromatic heterocycles. The van der Waals surface area contributed by atoms with Gasteiger partial charge < -0.3 is 20.0 Å². The van der Waals surface area contributed by atoms with Crippen molar-refractivity contribution in [3.63, 3.8) is 0 Å². The second-order valence-corrected chi connectivity index (χ2v) is 8.08. The molecule has 1 amide bonds. The Morgan fingerprint density at radius 2 is 1.81 bits per heavy atom. The monoisotopic (exact) mass is 376 g/mol. The molecule has 0 aliphatic heterocycles. The molecule has 0 radical (unpaired) electrons. The van der Waals surface area contributed by atoms with Gasteiger partial charge in [-0.15, -0.1) is 11.3 Å². The van der Waals surface area contributed by atoms with Gasteiger partial charge in [0.15, 0.2) is 0 Å². The number of carbonyl (C=O) groups excluding carboxylic acids is 3. The lowest BCUT2D eigenvalue weighted by molar-refractivity contribution is -0.316. The van der Waals surface area contributed by atoms with Crippen LogP contribution < -0.4 is 10.4 Å². The Kier molecular flexibility index (Phi) is 5.18. The lowest BCUT2D eigenvalue weighted by Crippen LogP contribution is -2.51. The third-order valence-electron chi connectivity index (χ3n) is 5.42. The molecule has 3 aliphatic rings. The quantitative estimate of drug-likeness (QED) is 0.627. The first-order chi connectivity index (χ1) is 12.3. The van der Waals surface area contributed by atoms with Crippen LogP contribution in [0.2, 0.25) is 0 Å². The number of rotatable bonds is 5. The number of fused-ring (bicyclic) bond motifs is 2. The zero-order valence-corrected chi connectivity index (χ0v) is 15.9. The Labute approximate surface area is 156 Å². The predicted molar refractivity (Wildman–Crippen MR) is 95.7 cm³/mol. The number of esters is 1. The van der Waals surface area contributed by atoms with Gasteiger partial charge in [0.2, 0.25) is 5.91 Å². The Balaban J connectivity index is 1.88. The highest BCUT2D eigenvalue weighted by atomic mass is 32.1. The van der Waals surface area contributed by atoms with E-state index >= 15 is 0 Å². The molecule has 1 saturated carbocycles. The van der Waals surface area contributed by atoms with Crippen LogP contribution in [0.25, 0.3) is 0 Å². The smallest absolute Gasteiger partial charge is 0.341 e. The zero-order valence-electron chi connectivity index (χ0n) is 15.0. The summed E-state index contributed by atoms with van der Waals surface area (Å²) in [6, 6.07) is 0. The molecule has 1 heterocycles. The van der Waals surface area contributed by atoms with Gasteiger partial charge >= 0.3 is 5.97 Å². The van der Waals surface area contributed by atoms with Crippen molar-refractivity contribution in [2.24, 2.45) is 23.7 Å². The summed E-state index contributed by atoms with van der Waals surface area (Å²) >= 11 is 1.30. The maximum absolute atomic E-state index is 12.9. The number of allylic oxidation sites excluding steroid dienone is 2. The molecule has 0 saturated heterocycles. The molecule has 0 spiro atoms. The minimum atomic E-state index is -1.19. The first-order valence-corrected chi connectivity index (χ1v) is 9.63. The summed E-state index contributed by atoms with van der Waals surface area (Å²) < 4.78 is 5.10. The molecule has 6 nitrogen and oxygen atoms in total. The average Bonchev–Trinajstić information content (AvgIpc) is 2.89. The first kappa shape index (κ1) is 18.6. The minimum absolute atomic E-state index is 0.115. The van der Waals surface area contributed by atoms with Gasteiger partial charge in [0.25, 0.3) is 0 Å². The molecular weight excluding hydrogens is 354 g/mol. The fourth-order valence-corrected chi connectivity index (χ4v) is 5.08. The van der Waals surface area contributed by atoms with Crippen LogP contribution in [-0.2, 0) is 14.3 Å². The van der Waals surface area contributed by atoms with Crippen molar-refractivity contribution in [1.82, 2.24) is 0 Å². The van der Waals surface area contributed by atoms with Gasteiger partial charge in [0.1, 0.15) is 5.00 Å². The number of aliphatic carboxylic acids is 1. The fraction of sp³-hybridized carbons (Fsp3) is 0.526. The van der Waals surface area contributed by atoms with Crippen molar-refractivity contribution in [3.8, 4) is 0 Å². The van der Waals surface area contributed by atoms with E-state index in [1.54, 1.807) is 6.92 Å². The van der Waals surface area contributed by atoms with Crippen molar-refractivity contribution in [2.45, 2.75) is 33.6 Å². The van der Waals surface area contributed by atoms with Crippen LogP contribution in [0, 0.1) is 37.5 Å². The van der Waals surface area contributed by atoms with Crippen molar-refractivity contribution in [2.75, 3.05) is 11.9 Å². The molecule has 140 valence electrons. The highest BCUT2D eigenvalue weighted by Crippen LogP contribution is 2.45. The molecule has 2 bridgehead atoms. The van der Waals surface area contributed by atoms with Gasteiger partial charge in [-0.25, -0.2) is 4.79 Å². The number of carboxylic acids is 1. The number of hydrogen-bond acceptors (Lipinski definition) is 6. The van der Waals surface area contributed by atoms with Crippen LogP contribution in [0.4, 0.5) is 5.00 Å². The Morgan fingerprint density at radius 1 is 1.19 bits per heavy atom. The van der Waals surface area contributed by atoms with E-state index in [1.165, 1.54) is 11.3 Å². The number of ether oxygens (including phenoxy) is 1. The lowest BCUT2D eigenvalue weighted by atomic mass is 9.62. The van der Waals surface area contributed by atoms with E-state index in [-0.39, 0.29) is 24.3 Å². The second-order valence-electron chi connectivity index (χ2n) is 6.86. The normalized spacial score (nSPS) is 26.6. The number of thiophene rings is 1. The van der Waals surface area contributed by atoms with E-state index in [4.69, 9.17) is 4.74 Å². The van der Waals surface area contributed by atoms with Crippen LogP contribution in [-0.4, -0.2) is 24.5 Å². The third kappa shape index (κ3) is 3.16. The largest absolute Gasteiger partial charge is 0.550 e. The highest BCUT2D eigenvalue weighted by molar-refractivity contribution is 7.16. The van der Waals surface area contributed by atoms with Gasteiger partial charge in [0, 0.05) is 16.8 Å². The van der Waals surface area contributed by atoms with Crippen LogP contribution in [0.5, 0.6) is 0 Å². The van der Waals surface area contributed by atoms with Crippen LogP contribution >= 0.6 is 11.3 Å². The standard InChI is InChI=1S/C19H23NO5S/c1-4-25-19(24)13-9(2)10(3)26-17(13)20-16(21)14-11-5-7-12(8-6-11)15(14)18(22)23/h5,7,11-12,14-15H,4,6,8H2,1-3H3,(H,20,21)(H,22,23)/p-1/t11-,12+,14-,15+/m1/s1. The van der Waals surface area contributed by atoms with E-state index < -0.39 is 23.8 Å². The summed E-state index contributed by atoms with van der Waals surface area (Å²) in [7, 11) is 0. The van der Waals surface area contributed by atoms with Gasteiger partial charge in [-0.1, -0.05) is 12.2 Å². The fourth-order valence-electron chi connectivity index (χ4n) is 4.03. The van der Waals surface area contributed by atoms with Crippen LogP contribution in [0.1, 0.15) is 40.6 Å². The molecule has 3 aliphatic carbocycles. The number of amides is 1. The minimum Gasteiger partial charge on any atom is -0.550 e. The van der Waals surface area contributed by atoms with Gasteiger partial charge in [-0.3, -0.25) is 4.79 Å². The van der Waals surface area contributed by atoms with Gasteiger partial charge in [0.05, 0.1) is 18.1 Å². The van der Waals surface area contributed by atoms with E-state index in [9.17, 15) is 19.5 Å². The summed E-state index contributed by atoms with van der Waals surface area (Å²) in [5.74, 6) is -3.83. The third-order valence-corrected chi connectivity index (χ3v) is 6.55. The Morgan fingerprint density at radius 3 is 2.35 bits per heavy atom. The number of carboxylic acid groups (broad SMARTS) is 1. The average molecular weight is 376 g/mol. The number of anilines is 1. The molecule has 4 rings (SSSR count). The van der Waals surface area contributed by atoms with Crippen molar-refractivity contribution in [1.29, 1.82) is 0 Å². The van der Waals surface area contributed by atoms with Crippen LogP contribution in [0.3, 0.4) is 0 Å². The number of hydrogen-bond donors (Lipinski definition) is 1. The summed E-state index contributed by atoms with van der Waals surface area (Å²) in [5.41, 5.74) is 1.12. The second kappa shape index (κ2) is 7.23. The van der Waals surface area contributed by atoms with Crippen molar-refractivity contribution in [3.05, 3.63) is 28.2 Å².